The molecule has 0 aromatic heterocycles. The topological polar surface area (TPSA) is 37.3 Å². The van der Waals surface area contributed by atoms with Crippen LogP contribution in [0.4, 0.5) is 0 Å². The maximum atomic E-state index is 11.1. The molecule has 0 aromatic carbocycles. The summed E-state index contributed by atoms with van der Waals surface area (Å²) in [7, 11) is 0. The molecule has 5 saturated carbocycles. The maximum absolute atomic E-state index is 11.1. The van der Waals surface area contributed by atoms with Crippen LogP contribution in [-0.4, -0.2) is 11.1 Å². The Morgan fingerprint density at radius 1 is 0.960 bits per heavy atom. The van der Waals surface area contributed by atoms with Gasteiger partial charge >= 0.3 is 5.97 Å². The van der Waals surface area contributed by atoms with Crippen molar-refractivity contribution in [1.82, 2.24) is 0 Å². The molecule has 8 atom stereocenters. The average molecular weight is 345 g/mol. The van der Waals surface area contributed by atoms with Gasteiger partial charge in [0.05, 0.1) is 0 Å². The number of hydrogen-bond donors (Lipinski definition) is 1. The van der Waals surface area contributed by atoms with Gasteiger partial charge in [-0.1, -0.05) is 26.7 Å². The minimum atomic E-state index is -0.600. The van der Waals surface area contributed by atoms with Crippen molar-refractivity contribution < 1.29 is 9.90 Å². The second-order valence-electron chi connectivity index (χ2n) is 11.0. The highest BCUT2D eigenvalue weighted by molar-refractivity contribution is 5.66. The van der Waals surface area contributed by atoms with E-state index in [9.17, 15) is 4.79 Å². The van der Waals surface area contributed by atoms with E-state index in [2.05, 4.69) is 13.8 Å². The van der Waals surface area contributed by atoms with Crippen LogP contribution in [0.25, 0.3) is 0 Å². The highest BCUT2D eigenvalue weighted by atomic mass is 16.4. The van der Waals surface area contributed by atoms with Crippen LogP contribution >= 0.6 is 0 Å². The third kappa shape index (κ3) is 2.00. The molecular formula is C23H36O2. The van der Waals surface area contributed by atoms with E-state index in [0.717, 1.165) is 40.9 Å². The summed E-state index contributed by atoms with van der Waals surface area (Å²) < 4.78 is 0. The van der Waals surface area contributed by atoms with Crippen molar-refractivity contribution in [2.45, 2.75) is 90.9 Å². The first-order valence-corrected chi connectivity index (χ1v) is 11.1. The van der Waals surface area contributed by atoms with Gasteiger partial charge in [0, 0.05) is 6.42 Å². The molecule has 0 saturated heterocycles. The van der Waals surface area contributed by atoms with Crippen LogP contribution in [0.3, 0.4) is 0 Å². The zero-order valence-corrected chi connectivity index (χ0v) is 16.2. The predicted molar refractivity (Wildman–Crippen MR) is 99.1 cm³/mol. The van der Waals surface area contributed by atoms with Gasteiger partial charge in [-0.3, -0.25) is 4.79 Å². The lowest BCUT2D eigenvalue weighted by atomic mass is 9.48. The molecule has 0 aliphatic heterocycles. The molecule has 5 rings (SSSR count). The minimum absolute atomic E-state index is 0.381. The van der Waals surface area contributed by atoms with Gasteiger partial charge in [-0.05, 0) is 104 Å². The van der Waals surface area contributed by atoms with Gasteiger partial charge in [-0.15, -0.1) is 0 Å². The van der Waals surface area contributed by atoms with Gasteiger partial charge in [0.2, 0.25) is 0 Å². The third-order valence-electron chi connectivity index (χ3n) is 10.6. The van der Waals surface area contributed by atoms with Crippen molar-refractivity contribution in [3.8, 4) is 0 Å². The normalized spacial score (nSPS) is 56.3. The van der Waals surface area contributed by atoms with Crippen LogP contribution in [-0.2, 0) is 4.79 Å². The van der Waals surface area contributed by atoms with E-state index in [0.29, 0.717) is 17.8 Å². The highest BCUT2D eigenvalue weighted by Gasteiger charge is 2.78. The minimum Gasteiger partial charge on any atom is -0.481 e. The van der Waals surface area contributed by atoms with Gasteiger partial charge < -0.3 is 5.11 Å². The van der Waals surface area contributed by atoms with Crippen molar-refractivity contribution in [3.05, 3.63) is 0 Å². The number of aliphatic carboxylic acids is 1. The molecule has 25 heavy (non-hydrogen) atoms. The van der Waals surface area contributed by atoms with Crippen LogP contribution in [0.1, 0.15) is 90.9 Å². The van der Waals surface area contributed by atoms with Crippen LogP contribution in [0, 0.1) is 45.8 Å². The first-order chi connectivity index (χ1) is 11.9. The first-order valence-electron chi connectivity index (χ1n) is 11.1. The Bertz CT molecular complexity index is 585. The van der Waals surface area contributed by atoms with E-state index in [4.69, 9.17) is 5.11 Å². The smallest absolute Gasteiger partial charge is 0.303 e. The largest absolute Gasteiger partial charge is 0.481 e. The van der Waals surface area contributed by atoms with E-state index in [-0.39, 0.29) is 0 Å². The molecule has 140 valence electrons. The molecule has 2 spiro atoms. The molecular weight excluding hydrogens is 308 g/mol. The standard InChI is InChI=1S/C23H36O2/c1-15-4-3-11-22-14-23(22)13-12-21(2)16(6-10-20(24)25)5-7-18(21)19(23)9-8-17(15)22/h15-19H,3-14H2,1-2H3,(H,24,25). The van der Waals surface area contributed by atoms with Gasteiger partial charge in [-0.25, -0.2) is 0 Å². The Labute approximate surface area is 153 Å². The van der Waals surface area contributed by atoms with E-state index < -0.39 is 5.97 Å². The highest BCUT2D eigenvalue weighted by Crippen LogP contribution is 2.85. The molecule has 2 heteroatoms. The molecule has 2 nitrogen and oxygen atoms in total. The summed E-state index contributed by atoms with van der Waals surface area (Å²) >= 11 is 0. The summed E-state index contributed by atoms with van der Waals surface area (Å²) in [6.07, 6.45) is 15.9. The molecule has 8 unspecified atom stereocenters. The summed E-state index contributed by atoms with van der Waals surface area (Å²) in [5.74, 6) is 3.95. The number of carboxylic acid groups (broad SMARTS) is 1. The number of hydrogen-bond acceptors (Lipinski definition) is 1. The van der Waals surface area contributed by atoms with Gasteiger partial charge in [-0.2, -0.15) is 0 Å². The quantitative estimate of drug-likeness (QED) is 0.692. The molecule has 0 aromatic rings. The average Bonchev–Trinajstić information content (AvgIpc) is 3.11. The fraction of sp³-hybridized carbons (Fsp3) is 0.957. The van der Waals surface area contributed by atoms with Crippen molar-refractivity contribution in [3.63, 3.8) is 0 Å². The summed E-state index contributed by atoms with van der Waals surface area (Å²) in [6, 6.07) is 0. The fourth-order valence-corrected chi connectivity index (χ4v) is 9.49. The van der Waals surface area contributed by atoms with Crippen LogP contribution < -0.4 is 0 Å². The number of rotatable bonds is 3. The van der Waals surface area contributed by atoms with Gasteiger partial charge in [0.25, 0.3) is 0 Å². The van der Waals surface area contributed by atoms with Gasteiger partial charge in [0.15, 0.2) is 0 Å². The fourth-order valence-electron chi connectivity index (χ4n) is 9.49. The van der Waals surface area contributed by atoms with Crippen LogP contribution in [0.15, 0.2) is 0 Å². The molecule has 5 fully saturated rings. The second-order valence-corrected chi connectivity index (χ2v) is 11.0. The third-order valence-corrected chi connectivity index (χ3v) is 10.6. The monoisotopic (exact) mass is 344 g/mol. The lowest BCUT2D eigenvalue weighted by Gasteiger charge is -2.56. The Balaban J connectivity index is 1.40. The predicted octanol–water partition coefficient (Wildman–Crippen LogP) is 5.90. The van der Waals surface area contributed by atoms with E-state index in [1.54, 1.807) is 6.42 Å². The maximum Gasteiger partial charge on any atom is 0.303 e. The summed E-state index contributed by atoms with van der Waals surface area (Å²) in [6.45, 7) is 5.09. The zero-order valence-electron chi connectivity index (χ0n) is 16.2. The van der Waals surface area contributed by atoms with Crippen LogP contribution in [0.2, 0.25) is 0 Å². The first kappa shape index (κ1) is 16.6. The van der Waals surface area contributed by atoms with Crippen molar-refractivity contribution in [1.29, 1.82) is 0 Å². The molecule has 0 radical (unpaired) electrons. The number of carbonyl (C=O) groups is 1. The Morgan fingerprint density at radius 3 is 2.48 bits per heavy atom. The van der Waals surface area contributed by atoms with Crippen molar-refractivity contribution in [2.75, 3.05) is 0 Å². The molecule has 5 aliphatic rings. The van der Waals surface area contributed by atoms with Gasteiger partial charge in [0.1, 0.15) is 0 Å². The summed E-state index contributed by atoms with van der Waals surface area (Å²) in [5.41, 5.74) is 1.91. The van der Waals surface area contributed by atoms with E-state index >= 15 is 0 Å². The van der Waals surface area contributed by atoms with E-state index in [1.807, 2.05) is 0 Å². The second kappa shape index (κ2) is 5.26. The lowest BCUT2D eigenvalue weighted by molar-refractivity contribution is -0.137. The molecule has 0 amide bonds. The Morgan fingerprint density at radius 2 is 1.68 bits per heavy atom. The zero-order chi connectivity index (χ0) is 17.4. The number of fused-ring (bicyclic) bond motifs is 2. The van der Waals surface area contributed by atoms with Crippen molar-refractivity contribution in [2.24, 2.45) is 45.8 Å². The van der Waals surface area contributed by atoms with Crippen molar-refractivity contribution >= 4 is 5.97 Å². The Hall–Kier alpha value is -0.530. The van der Waals surface area contributed by atoms with Crippen LogP contribution in [0.5, 0.6) is 0 Å². The Kier molecular flexibility index (Phi) is 3.50. The summed E-state index contributed by atoms with van der Waals surface area (Å²) in [4.78, 5) is 11.1. The molecule has 0 bridgehead atoms. The lowest BCUT2D eigenvalue weighted by Crippen LogP contribution is -2.49. The summed E-state index contributed by atoms with van der Waals surface area (Å²) in [5, 5.41) is 9.14. The number of carboxylic acids is 1. The molecule has 0 heterocycles. The molecule has 5 aliphatic carbocycles. The molecule has 1 N–H and O–H groups in total. The van der Waals surface area contributed by atoms with E-state index in [1.165, 1.54) is 57.8 Å². The SMILES string of the molecule is CC1CCCC23CC24CCC2(C)C(CCC(=O)O)CCC2C4CCC13.